The van der Waals surface area contributed by atoms with Crippen molar-refractivity contribution < 1.29 is 33.8 Å². The molecule has 0 unspecified atom stereocenters. The summed E-state index contributed by atoms with van der Waals surface area (Å²) in [5, 5.41) is 22.0. The van der Waals surface area contributed by atoms with E-state index in [2.05, 4.69) is 10.6 Å². The van der Waals surface area contributed by atoms with E-state index in [4.69, 9.17) is 15.9 Å². The molecule has 0 aliphatic rings. The molecule has 1 aromatic rings. The average molecular weight is 400 g/mol. The Bertz CT molecular complexity index is 685. The van der Waals surface area contributed by atoms with Gasteiger partial charge in [-0.15, -0.1) is 11.8 Å². The molecule has 0 saturated heterocycles. The van der Waals surface area contributed by atoms with Gasteiger partial charge in [0, 0.05) is 17.1 Å². The Labute approximate surface area is 158 Å². The van der Waals surface area contributed by atoms with Crippen LogP contribution in [0.25, 0.3) is 0 Å². The van der Waals surface area contributed by atoms with E-state index in [9.17, 15) is 23.6 Å². The van der Waals surface area contributed by atoms with Crippen molar-refractivity contribution in [2.75, 3.05) is 12.3 Å². The maximum Gasteiger partial charge on any atom is 0.322 e. The highest BCUT2D eigenvalue weighted by Gasteiger charge is 2.22. The van der Waals surface area contributed by atoms with E-state index in [-0.39, 0.29) is 18.6 Å². The largest absolute Gasteiger partial charge is 0.480 e. The summed E-state index contributed by atoms with van der Waals surface area (Å²) in [5.74, 6) is -4.14. The first-order valence-corrected chi connectivity index (χ1v) is 8.83. The molecule has 1 rings (SSSR count). The first-order valence-electron chi connectivity index (χ1n) is 7.84. The summed E-state index contributed by atoms with van der Waals surface area (Å²) in [7, 11) is 0. The van der Waals surface area contributed by atoms with Gasteiger partial charge < -0.3 is 26.6 Å². The number of amides is 2. The van der Waals surface area contributed by atoms with Gasteiger partial charge in [0.2, 0.25) is 11.8 Å². The zero-order valence-corrected chi connectivity index (χ0v) is 15.0. The number of nitrogens with one attached hydrogen (secondary N) is 2. The molecule has 2 atom stereocenters. The van der Waals surface area contributed by atoms with E-state index in [1.165, 1.54) is 24.3 Å². The Morgan fingerprint density at radius 2 is 1.78 bits per heavy atom. The van der Waals surface area contributed by atoms with Gasteiger partial charge in [-0.05, 0) is 30.7 Å². The molecule has 2 amide bonds. The molecular formula is C16H20FN3O6S. The lowest BCUT2D eigenvalue weighted by molar-refractivity contribution is -0.139. The third kappa shape index (κ3) is 9.01. The molecule has 0 fully saturated rings. The predicted octanol–water partition coefficient (Wildman–Crippen LogP) is -0.204. The maximum atomic E-state index is 12.9. The van der Waals surface area contributed by atoms with Crippen LogP contribution in [0.15, 0.2) is 29.2 Å². The monoisotopic (exact) mass is 400 g/mol. The van der Waals surface area contributed by atoms with Crippen molar-refractivity contribution in [2.24, 2.45) is 5.73 Å². The molecule has 11 heteroatoms. The summed E-state index contributed by atoms with van der Waals surface area (Å²) in [6, 6.07) is 3.22. The van der Waals surface area contributed by atoms with Crippen molar-refractivity contribution in [3.8, 4) is 0 Å². The molecule has 0 aliphatic carbocycles. The van der Waals surface area contributed by atoms with Gasteiger partial charge in [0.1, 0.15) is 24.4 Å². The Morgan fingerprint density at radius 3 is 2.33 bits per heavy atom. The topological polar surface area (TPSA) is 159 Å². The van der Waals surface area contributed by atoms with Gasteiger partial charge in [-0.3, -0.25) is 19.2 Å². The number of carbonyl (C=O) groups excluding carboxylic acids is 2. The predicted molar refractivity (Wildman–Crippen MR) is 94.5 cm³/mol. The fourth-order valence-electron chi connectivity index (χ4n) is 1.86. The normalized spacial score (nSPS) is 12.7. The van der Waals surface area contributed by atoms with Crippen molar-refractivity contribution in [1.82, 2.24) is 10.6 Å². The quantitative estimate of drug-likeness (QED) is 0.319. The fourth-order valence-corrected chi connectivity index (χ4v) is 2.78. The number of carboxylic acid groups (broad SMARTS) is 2. The van der Waals surface area contributed by atoms with Crippen LogP contribution in [-0.4, -0.2) is 58.3 Å². The van der Waals surface area contributed by atoms with Crippen molar-refractivity contribution in [3.63, 3.8) is 0 Å². The lowest BCUT2D eigenvalue weighted by Gasteiger charge is -2.18. The lowest BCUT2D eigenvalue weighted by atomic mass is 10.1. The van der Waals surface area contributed by atoms with Crippen LogP contribution in [0.3, 0.4) is 0 Å². The van der Waals surface area contributed by atoms with Gasteiger partial charge in [-0.1, -0.05) is 0 Å². The summed E-state index contributed by atoms with van der Waals surface area (Å²) in [5.41, 5.74) is 5.32. The lowest BCUT2D eigenvalue weighted by Crippen LogP contribution is -2.49. The highest BCUT2D eigenvalue weighted by Crippen LogP contribution is 2.19. The van der Waals surface area contributed by atoms with E-state index in [1.807, 2.05) is 0 Å². The molecule has 1 aromatic carbocycles. The molecule has 148 valence electrons. The van der Waals surface area contributed by atoms with E-state index < -0.39 is 48.2 Å². The number of hydrogen-bond acceptors (Lipinski definition) is 6. The van der Waals surface area contributed by atoms with Gasteiger partial charge in [0.15, 0.2) is 0 Å². The molecule has 0 radical (unpaired) electrons. The number of hydrogen-bond donors (Lipinski definition) is 5. The van der Waals surface area contributed by atoms with Crippen molar-refractivity contribution >= 4 is 35.5 Å². The highest BCUT2D eigenvalue weighted by atomic mass is 32.2. The second-order valence-corrected chi connectivity index (χ2v) is 6.57. The third-order valence-electron chi connectivity index (χ3n) is 3.30. The van der Waals surface area contributed by atoms with Crippen LogP contribution in [-0.2, 0) is 19.2 Å². The molecule has 0 bridgehead atoms. The van der Waals surface area contributed by atoms with E-state index >= 15 is 0 Å². The molecule has 27 heavy (non-hydrogen) atoms. The average Bonchev–Trinajstić information content (AvgIpc) is 2.62. The van der Waals surface area contributed by atoms with Crippen molar-refractivity contribution in [2.45, 2.75) is 29.8 Å². The van der Waals surface area contributed by atoms with Crippen LogP contribution < -0.4 is 16.4 Å². The third-order valence-corrected chi connectivity index (χ3v) is 4.40. The van der Waals surface area contributed by atoms with E-state index in [0.29, 0.717) is 4.90 Å². The number of benzene rings is 1. The van der Waals surface area contributed by atoms with Crippen LogP contribution in [0.5, 0.6) is 0 Å². The number of nitrogens with two attached hydrogens (primary N) is 1. The number of aliphatic carboxylic acids is 2. The minimum atomic E-state index is -1.24. The number of halogens is 1. The van der Waals surface area contributed by atoms with Gasteiger partial charge in [-0.25, -0.2) is 4.39 Å². The molecule has 0 aromatic heterocycles. The van der Waals surface area contributed by atoms with Crippen molar-refractivity contribution in [3.05, 3.63) is 30.1 Å². The first kappa shape index (κ1) is 22.4. The highest BCUT2D eigenvalue weighted by molar-refractivity contribution is 7.99. The summed E-state index contributed by atoms with van der Waals surface area (Å²) < 4.78 is 12.9. The Hall–Kier alpha value is -2.66. The van der Waals surface area contributed by atoms with E-state index in [1.54, 1.807) is 0 Å². The number of carbonyl (C=O) groups is 4. The first-order chi connectivity index (χ1) is 12.7. The van der Waals surface area contributed by atoms with Crippen LogP contribution in [0.2, 0.25) is 0 Å². The summed E-state index contributed by atoms with van der Waals surface area (Å²) >= 11 is 1.16. The molecule has 9 nitrogen and oxygen atoms in total. The molecular weight excluding hydrogens is 380 g/mol. The summed E-state index contributed by atoms with van der Waals surface area (Å²) in [6.45, 7) is -0.615. The van der Waals surface area contributed by atoms with Crippen molar-refractivity contribution in [1.29, 1.82) is 0 Å². The zero-order valence-electron chi connectivity index (χ0n) is 14.2. The Kier molecular flexibility index (Phi) is 9.23. The fraction of sp³-hybridized carbons (Fsp3) is 0.375. The summed E-state index contributed by atoms with van der Waals surface area (Å²) in [4.78, 5) is 46.0. The smallest absolute Gasteiger partial charge is 0.322 e. The number of carboxylic acids is 2. The Morgan fingerprint density at radius 1 is 1.15 bits per heavy atom. The van der Waals surface area contributed by atoms with E-state index in [0.717, 1.165) is 11.8 Å². The van der Waals surface area contributed by atoms with Gasteiger partial charge >= 0.3 is 11.9 Å². The van der Waals surface area contributed by atoms with Crippen LogP contribution >= 0.6 is 11.8 Å². The van der Waals surface area contributed by atoms with Crippen LogP contribution in [0.4, 0.5) is 4.39 Å². The Balaban J connectivity index is 2.67. The zero-order chi connectivity index (χ0) is 20.4. The standard InChI is InChI=1S/C16H20FN3O6S/c17-9-1-3-10(4-2-9)27-8-12(15(24)19-7-14(22)23)20-13(21)6-5-11(18)16(25)26/h1-4,11-12H,5-8,18H2,(H,19,24)(H,20,21)(H,22,23)(H,25,26)/t11-,12-/m0/s1/i17-1. The molecule has 0 heterocycles. The maximum absolute atomic E-state index is 12.9. The minimum Gasteiger partial charge on any atom is -0.480 e. The summed E-state index contributed by atoms with van der Waals surface area (Å²) in [6.07, 6.45) is -0.326. The second-order valence-electron chi connectivity index (χ2n) is 5.48. The number of rotatable bonds is 11. The molecule has 0 aliphatic heterocycles. The molecule has 0 saturated carbocycles. The van der Waals surface area contributed by atoms with Gasteiger partial charge in [-0.2, -0.15) is 0 Å². The van der Waals surface area contributed by atoms with Gasteiger partial charge in [0.25, 0.3) is 0 Å². The van der Waals surface area contributed by atoms with Crippen LogP contribution in [0.1, 0.15) is 12.8 Å². The minimum absolute atomic E-state index is 0.0633. The van der Waals surface area contributed by atoms with Crippen LogP contribution in [0, 0.1) is 5.82 Å². The molecule has 0 spiro atoms. The van der Waals surface area contributed by atoms with Gasteiger partial charge in [0.05, 0.1) is 0 Å². The second kappa shape index (κ2) is 11.1. The SMILES string of the molecule is N[C@@H](CCC(=O)N[C@@H](CSc1ccc([18F])cc1)C(=O)NCC(=O)O)C(=O)O. The molecule has 6 N–H and O–H groups in total. The number of thioether (sulfide) groups is 1.